The first-order valence-electron chi connectivity index (χ1n) is 6.86. The van der Waals surface area contributed by atoms with Gasteiger partial charge in [-0.1, -0.05) is 0 Å². The largest absolute Gasteiger partial charge is 0.394 e. The zero-order chi connectivity index (χ0) is 15.4. The highest BCUT2D eigenvalue weighted by molar-refractivity contribution is 6.12. The first-order chi connectivity index (χ1) is 10.6. The second kappa shape index (κ2) is 4.60. The lowest BCUT2D eigenvalue weighted by Crippen LogP contribution is -2.26. The van der Waals surface area contributed by atoms with Gasteiger partial charge in [0.2, 0.25) is 0 Å². The SMILES string of the molecule is CN1N=C(N)c2nn([C@H]3C[C@H](O)[C@@H](CO)O3)c3ncnc1c23. The number of aromatic nitrogens is 4. The Morgan fingerprint density at radius 1 is 1.45 bits per heavy atom. The number of nitrogens with two attached hydrogens (primary N) is 1. The fraction of sp³-hybridized carbons (Fsp3) is 0.500. The molecule has 1 saturated heterocycles. The van der Waals surface area contributed by atoms with Gasteiger partial charge in [0.05, 0.1) is 18.1 Å². The van der Waals surface area contributed by atoms with Gasteiger partial charge >= 0.3 is 0 Å². The molecule has 22 heavy (non-hydrogen) atoms. The number of ether oxygens (including phenoxy) is 1. The van der Waals surface area contributed by atoms with Crippen LogP contribution >= 0.6 is 0 Å². The predicted molar refractivity (Wildman–Crippen MR) is 76.1 cm³/mol. The summed E-state index contributed by atoms with van der Waals surface area (Å²) in [6.45, 7) is -0.254. The highest BCUT2D eigenvalue weighted by Gasteiger charge is 2.37. The van der Waals surface area contributed by atoms with Crippen LogP contribution in [0.3, 0.4) is 0 Å². The van der Waals surface area contributed by atoms with E-state index in [0.29, 0.717) is 29.0 Å². The number of anilines is 1. The second-order valence-electron chi connectivity index (χ2n) is 5.31. The van der Waals surface area contributed by atoms with Gasteiger partial charge in [-0.15, -0.1) is 0 Å². The maximum atomic E-state index is 9.90. The Hall–Kier alpha value is -2.30. The lowest BCUT2D eigenvalue weighted by atomic mass is 10.2. The van der Waals surface area contributed by atoms with E-state index in [1.807, 2.05) is 0 Å². The molecule has 116 valence electrons. The summed E-state index contributed by atoms with van der Waals surface area (Å²) in [6.07, 6.45) is -0.177. The molecule has 0 bridgehead atoms. The zero-order valence-corrected chi connectivity index (χ0v) is 11.8. The van der Waals surface area contributed by atoms with Crippen LogP contribution in [0.2, 0.25) is 0 Å². The Labute approximate surface area is 124 Å². The molecule has 10 heteroatoms. The number of nitrogens with zero attached hydrogens (tertiary/aromatic N) is 6. The molecule has 4 rings (SSSR count). The van der Waals surface area contributed by atoms with Crippen molar-refractivity contribution in [3.8, 4) is 0 Å². The Bertz CT molecular complexity index is 773. The summed E-state index contributed by atoms with van der Waals surface area (Å²) in [7, 11) is 1.74. The highest BCUT2D eigenvalue weighted by atomic mass is 16.5. The van der Waals surface area contributed by atoms with Crippen LogP contribution in [0.4, 0.5) is 5.82 Å². The second-order valence-corrected chi connectivity index (χ2v) is 5.31. The normalized spacial score (nSPS) is 27.5. The van der Waals surface area contributed by atoms with Gasteiger partial charge in [0, 0.05) is 13.5 Å². The van der Waals surface area contributed by atoms with Crippen molar-refractivity contribution in [3.63, 3.8) is 0 Å². The molecule has 4 N–H and O–H groups in total. The van der Waals surface area contributed by atoms with E-state index in [0.717, 1.165) is 0 Å². The van der Waals surface area contributed by atoms with Gasteiger partial charge in [-0.2, -0.15) is 10.2 Å². The Kier molecular flexibility index (Phi) is 2.79. The summed E-state index contributed by atoms with van der Waals surface area (Å²) >= 11 is 0. The van der Waals surface area contributed by atoms with E-state index in [1.165, 1.54) is 6.33 Å². The van der Waals surface area contributed by atoms with Gasteiger partial charge in [-0.25, -0.2) is 19.7 Å². The van der Waals surface area contributed by atoms with E-state index in [2.05, 4.69) is 20.2 Å². The van der Waals surface area contributed by atoms with Crippen LogP contribution in [-0.2, 0) is 4.74 Å². The predicted octanol–water partition coefficient (Wildman–Crippen LogP) is -1.46. The lowest BCUT2D eigenvalue weighted by Gasteiger charge is -2.17. The van der Waals surface area contributed by atoms with Crippen molar-refractivity contribution in [2.75, 3.05) is 18.7 Å². The molecule has 3 atom stereocenters. The third kappa shape index (κ3) is 1.71. The lowest BCUT2D eigenvalue weighted by molar-refractivity contribution is -0.0470. The molecule has 0 spiro atoms. The third-order valence-corrected chi connectivity index (χ3v) is 3.93. The molecule has 0 aliphatic carbocycles. The van der Waals surface area contributed by atoms with E-state index >= 15 is 0 Å². The van der Waals surface area contributed by atoms with Crippen LogP contribution in [0.25, 0.3) is 11.0 Å². The quantitative estimate of drug-likeness (QED) is 0.612. The van der Waals surface area contributed by atoms with Gasteiger partial charge in [0.1, 0.15) is 18.1 Å². The van der Waals surface area contributed by atoms with Crippen LogP contribution in [0, 0.1) is 0 Å². The first kappa shape index (κ1) is 13.4. The van der Waals surface area contributed by atoms with Crippen LogP contribution in [0.5, 0.6) is 0 Å². The number of aliphatic hydroxyl groups excluding tert-OH is 2. The first-order valence-corrected chi connectivity index (χ1v) is 6.86. The van der Waals surface area contributed by atoms with Crippen LogP contribution in [0.1, 0.15) is 18.3 Å². The van der Waals surface area contributed by atoms with Crippen molar-refractivity contribution in [2.24, 2.45) is 10.8 Å². The summed E-state index contributed by atoms with van der Waals surface area (Å²) in [5.74, 6) is 0.878. The Morgan fingerprint density at radius 3 is 3.00 bits per heavy atom. The molecule has 1 fully saturated rings. The van der Waals surface area contributed by atoms with Gasteiger partial charge in [-0.3, -0.25) is 0 Å². The van der Waals surface area contributed by atoms with E-state index in [-0.39, 0.29) is 12.4 Å². The number of hydrogen-bond acceptors (Lipinski definition) is 9. The van der Waals surface area contributed by atoms with Crippen molar-refractivity contribution < 1.29 is 14.9 Å². The molecule has 2 aromatic heterocycles. The monoisotopic (exact) mass is 305 g/mol. The van der Waals surface area contributed by atoms with Crippen molar-refractivity contribution in [3.05, 3.63) is 12.0 Å². The average Bonchev–Trinajstić information content (AvgIpc) is 3.06. The topological polar surface area (TPSA) is 135 Å². The molecule has 0 saturated carbocycles. The molecular formula is C12H15N7O3. The number of aliphatic hydroxyl groups is 2. The van der Waals surface area contributed by atoms with Gasteiger partial charge in [0.25, 0.3) is 0 Å². The fourth-order valence-electron chi connectivity index (χ4n) is 2.87. The van der Waals surface area contributed by atoms with E-state index < -0.39 is 18.4 Å². The molecule has 10 nitrogen and oxygen atoms in total. The number of hydrazone groups is 1. The summed E-state index contributed by atoms with van der Waals surface area (Å²) in [4.78, 5) is 8.47. The highest BCUT2D eigenvalue weighted by Crippen LogP contribution is 2.34. The van der Waals surface area contributed by atoms with E-state index in [9.17, 15) is 10.2 Å². The smallest absolute Gasteiger partial charge is 0.172 e. The minimum absolute atomic E-state index is 0.254. The standard InChI is InChI=1S/C12H15N7O3/c1-18-11-8-9(10(13)17-18)16-19(12(8)15-4-14-11)7-2-5(21)6(3-20)22-7/h4-7,20-21H,2-3H2,1H3,(H2,13,17)/t5-,6+,7+/m0/s1. The fourth-order valence-corrected chi connectivity index (χ4v) is 2.87. The molecule has 4 heterocycles. The minimum atomic E-state index is -0.752. The van der Waals surface area contributed by atoms with Crippen molar-refractivity contribution in [2.45, 2.75) is 24.9 Å². The van der Waals surface area contributed by atoms with Crippen molar-refractivity contribution >= 4 is 22.7 Å². The van der Waals surface area contributed by atoms with Crippen molar-refractivity contribution in [1.29, 1.82) is 0 Å². The molecular weight excluding hydrogens is 290 g/mol. The van der Waals surface area contributed by atoms with Gasteiger partial charge < -0.3 is 20.7 Å². The maximum absolute atomic E-state index is 9.90. The molecule has 0 radical (unpaired) electrons. The van der Waals surface area contributed by atoms with Crippen molar-refractivity contribution in [1.82, 2.24) is 19.7 Å². The maximum Gasteiger partial charge on any atom is 0.172 e. The number of amidine groups is 1. The van der Waals surface area contributed by atoms with E-state index in [1.54, 1.807) is 16.7 Å². The third-order valence-electron chi connectivity index (χ3n) is 3.93. The summed E-state index contributed by atoms with van der Waals surface area (Å²) in [6, 6.07) is 0. The average molecular weight is 305 g/mol. The molecule has 2 aliphatic heterocycles. The van der Waals surface area contributed by atoms with Crippen LogP contribution in [0.15, 0.2) is 11.4 Å². The van der Waals surface area contributed by atoms with E-state index in [4.69, 9.17) is 10.5 Å². The van der Waals surface area contributed by atoms with Gasteiger partial charge in [0.15, 0.2) is 23.5 Å². The van der Waals surface area contributed by atoms with Crippen LogP contribution in [-0.4, -0.2) is 61.7 Å². The molecule has 2 aliphatic rings. The molecule has 0 unspecified atom stereocenters. The number of hydrogen-bond donors (Lipinski definition) is 3. The minimum Gasteiger partial charge on any atom is -0.394 e. The van der Waals surface area contributed by atoms with Crippen LogP contribution < -0.4 is 10.7 Å². The molecule has 0 aromatic carbocycles. The van der Waals surface area contributed by atoms with Gasteiger partial charge in [-0.05, 0) is 0 Å². The summed E-state index contributed by atoms with van der Waals surface area (Å²) in [5.41, 5.74) is 6.99. The Morgan fingerprint density at radius 2 is 2.27 bits per heavy atom. The Balaban J connectivity index is 1.87. The molecule has 0 amide bonds. The zero-order valence-electron chi connectivity index (χ0n) is 11.8. The number of rotatable bonds is 2. The molecule has 2 aromatic rings. The summed E-state index contributed by atoms with van der Waals surface area (Å²) < 4.78 is 7.21. The summed E-state index contributed by atoms with van der Waals surface area (Å²) in [5, 5.41) is 30.0.